The predicted octanol–water partition coefficient (Wildman–Crippen LogP) is 4.66. The quantitative estimate of drug-likeness (QED) is 0.727. The van der Waals surface area contributed by atoms with E-state index in [-0.39, 0.29) is 18.4 Å². The molecule has 0 aromatic heterocycles. The minimum absolute atomic E-state index is 0.0246. The summed E-state index contributed by atoms with van der Waals surface area (Å²) in [6, 6.07) is 10.8. The summed E-state index contributed by atoms with van der Waals surface area (Å²) in [4.78, 5) is 11.0. The first-order valence-electron chi connectivity index (χ1n) is 9.55. The van der Waals surface area contributed by atoms with Crippen molar-refractivity contribution in [3.63, 3.8) is 0 Å². The fraction of sp³-hybridized carbons (Fsp3) is 0.409. The molecule has 2 aromatic carbocycles. The van der Waals surface area contributed by atoms with Gasteiger partial charge in [-0.25, -0.2) is 8.78 Å². The van der Waals surface area contributed by atoms with Crippen molar-refractivity contribution in [2.24, 2.45) is 0 Å². The van der Waals surface area contributed by atoms with Crippen molar-refractivity contribution < 1.29 is 32.9 Å². The smallest absolute Gasteiger partial charge is 0.304 e. The second-order valence-electron chi connectivity index (χ2n) is 7.36. The molecule has 0 fully saturated rings. The second-order valence-corrected chi connectivity index (χ2v) is 7.36. The number of hydrogen-bond acceptors (Lipinski definition) is 4. The van der Waals surface area contributed by atoms with Crippen LogP contribution < -0.4 is 9.47 Å². The molecule has 3 atom stereocenters. The zero-order valence-electron chi connectivity index (χ0n) is 15.9. The molecule has 1 N–H and O–H groups in total. The van der Waals surface area contributed by atoms with Gasteiger partial charge in [0.05, 0.1) is 13.0 Å². The molecular formula is C22H22F2O5. The van der Waals surface area contributed by atoms with E-state index in [1.807, 2.05) is 12.1 Å². The first-order chi connectivity index (χ1) is 14.0. The normalized spacial score (nSPS) is 20.8. The fourth-order valence-electron chi connectivity index (χ4n) is 4.27. The molecule has 3 unspecified atom stereocenters. The molecular weight excluding hydrogens is 382 g/mol. The third-order valence-electron chi connectivity index (χ3n) is 5.61. The molecule has 1 aliphatic heterocycles. The molecule has 0 radical (unpaired) electrons. The molecule has 29 heavy (non-hydrogen) atoms. The summed E-state index contributed by atoms with van der Waals surface area (Å²) in [7, 11) is 1.29. The van der Waals surface area contributed by atoms with Gasteiger partial charge in [0.15, 0.2) is 0 Å². The van der Waals surface area contributed by atoms with Crippen LogP contribution in [-0.2, 0) is 16.0 Å². The Morgan fingerprint density at radius 3 is 2.83 bits per heavy atom. The molecule has 7 heteroatoms. The van der Waals surface area contributed by atoms with Gasteiger partial charge in [-0.2, -0.15) is 0 Å². The lowest BCUT2D eigenvalue weighted by atomic mass is 9.98. The molecule has 1 heterocycles. The second kappa shape index (κ2) is 7.99. The number of methoxy groups -OCH3 is 1. The fourth-order valence-corrected chi connectivity index (χ4v) is 4.27. The Morgan fingerprint density at radius 1 is 1.28 bits per heavy atom. The highest BCUT2D eigenvalue weighted by molar-refractivity contribution is 5.68. The molecule has 2 aromatic rings. The number of aliphatic carboxylic acids is 1. The highest BCUT2D eigenvalue weighted by atomic mass is 19.3. The third-order valence-corrected chi connectivity index (χ3v) is 5.61. The Kier molecular flexibility index (Phi) is 5.41. The summed E-state index contributed by atoms with van der Waals surface area (Å²) in [6.07, 6.45) is -2.73. The standard InChI is InChI=1S/C22H22F2O5/c1-27-21(22(23)24)17-4-2-3-16-15(17)7-8-18(16)29-13-5-6-14-12(9-20(25)26)11-28-19(14)10-13/h2-6,10,12,18,21-22H,7-9,11H2,1H3,(H,25,26). The van der Waals surface area contributed by atoms with Gasteiger partial charge in [-0.3, -0.25) is 4.79 Å². The maximum absolute atomic E-state index is 13.3. The number of halogens is 2. The molecule has 5 nitrogen and oxygen atoms in total. The van der Waals surface area contributed by atoms with Gasteiger partial charge < -0.3 is 19.3 Å². The van der Waals surface area contributed by atoms with Crippen LogP contribution >= 0.6 is 0 Å². The summed E-state index contributed by atoms with van der Waals surface area (Å²) >= 11 is 0. The number of carboxylic acid groups (broad SMARTS) is 1. The molecule has 1 aliphatic carbocycles. The van der Waals surface area contributed by atoms with E-state index < -0.39 is 18.5 Å². The first-order valence-corrected chi connectivity index (χ1v) is 9.55. The Morgan fingerprint density at radius 2 is 2.10 bits per heavy atom. The predicted molar refractivity (Wildman–Crippen MR) is 101 cm³/mol. The Hall–Kier alpha value is -2.67. The van der Waals surface area contributed by atoms with Crippen molar-refractivity contribution in [3.8, 4) is 11.5 Å². The number of carbonyl (C=O) groups is 1. The van der Waals surface area contributed by atoms with Crippen LogP contribution in [-0.4, -0.2) is 31.2 Å². The van der Waals surface area contributed by atoms with Crippen molar-refractivity contribution in [2.75, 3.05) is 13.7 Å². The Labute approximate surface area is 167 Å². The largest absolute Gasteiger partial charge is 0.492 e. The van der Waals surface area contributed by atoms with Crippen molar-refractivity contribution >= 4 is 5.97 Å². The van der Waals surface area contributed by atoms with Crippen molar-refractivity contribution in [1.29, 1.82) is 0 Å². The van der Waals surface area contributed by atoms with Crippen LogP contribution in [0.25, 0.3) is 0 Å². The minimum Gasteiger partial charge on any atom is -0.492 e. The topological polar surface area (TPSA) is 65.0 Å². The summed E-state index contributed by atoms with van der Waals surface area (Å²) in [5.41, 5.74) is 3.15. The van der Waals surface area contributed by atoms with E-state index in [9.17, 15) is 13.6 Å². The lowest BCUT2D eigenvalue weighted by Gasteiger charge is -2.19. The van der Waals surface area contributed by atoms with E-state index in [0.29, 0.717) is 36.5 Å². The highest BCUT2D eigenvalue weighted by Crippen LogP contribution is 2.42. The molecule has 0 amide bonds. The summed E-state index contributed by atoms with van der Waals surface area (Å²) < 4.78 is 43.5. The number of rotatable bonds is 7. The van der Waals surface area contributed by atoms with Crippen LogP contribution in [0.2, 0.25) is 0 Å². The maximum Gasteiger partial charge on any atom is 0.304 e. The maximum atomic E-state index is 13.3. The average molecular weight is 404 g/mol. The lowest BCUT2D eigenvalue weighted by Crippen LogP contribution is -2.13. The van der Waals surface area contributed by atoms with Crippen LogP contribution in [0.1, 0.15) is 53.2 Å². The minimum atomic E-state index is -2.60. The van der Waals surface area contributed by atoms with E-state index in [1.165, 1.54) is 7.11 Å². The van der Waals surface area contributed by atoms with E-state index in [4.69, 9.17) is 19.3 Å². The van der Waals surface area contributed by atoms with Gasteiger partial charge in [0, 0.05) is 24.7 Å². The summed E-state index contributed by atoms with van der Waals surface area (Å²) in [6.45, 7) is 0.340. The van der Waals surface area contributed by atoms with Crippen LogP contribution in [0.5, 0.6) is 11.5 Å². The zero-order valence-corrected chi connectivity index (χ0v) is 15.9. The van der Waals surface area contributed by atoms with Gasteiger partial charge in [0.2, 0.25) is 0 Å². The van der Waals surface area contributed by atoms with E-state index in [1.54, 1.807) is 24.3 Å². The van der Waals surface area contributed by atoms with Crippen LogP contribution in [0, 0.1) is 0 Å². The van der Waals surface area contributed by atoms with Crippen LogP contribution in [0.4, 0.5) is 8.78 Å². The summed E-state index contributed by atoms with van der Waals surface area (Å²) in [5, 5.41) is 9.01. The van der Waals surface area contributed by atoms with Crippen LogP contribution in [0.15, 0.2) is 36.4 Å². The van der Waals surface area contributed by atoms with Crippen LogP contribution in [0.3, 0.4) is 0 Å². The molecule has 0 saturated heterocycles. The van der Waals surface area contributed by atoms with Crippen molar-refractivity contribution in [2.45, 2.75) is 43.8 Å². The number of fused-ring (bicyclic) bond motifs is 2. The van der Waals surface area contributed by atoms with Gasteiger partial charge in [-0.05, 0) is 35.6 Å². The molecule has 2 aliphatic rings. The van der Waals surface area contributed by atoms with Gasteiger partial charge in [0.25, 0.3) is 6.43 Å². The monoisotopic (exact) mass is 404 g/mol. The number of benzene rings is 2. The Bertz CT molecular complexity index is 914. The molecule has 4 rings (SSSR count). The Balaban J connectivity index is 1.54. The van der Waals surface area contributed by atoms with E-state index in [2.05, 4.69) is 0 Å². The molecule has 0 spiro atoms. The summed E-state index contributed by atoms with van der Waals surface area (Å²) in [5.74, 6) is 0.230. The molecule has 0 saturated carbocycles. The average Bonchev–Trinajstić information content (AvgIpc) is 3.26. The number of hydrogen-bond donors (Lipinski definition) is 1. The third kappa shape index (κ3) is 3.79. The highest BCUT2D eigenvalue weighted by Gasteiger charge is 2.32. The van der Waals surface area contributed by atoms with Gasteiger partial charge in [-0.15, -0.1) is 0 Å². The number of carboxylic acids is 1. The molecule has 0 bridgehead atoms. The molecule has 154 valence electrons. The van der Waals surface area contributed by atoms with Crippen molar-refractivity contribution in [1.82, 2.24) is 0 Å². The number of alkyl halides is 2. The van der Waals surface area contributed by atoms with Gasteiger partial charge >= 0.3 is 5.97 Å². The zero-order chi connectivity index (χ0) is 20.5. The van der Waals surface area contributed by atoms with E-state index >= 15 is 0 Å². The lowest BCUT2D eigenvalue weighted by molar-refractivity contribution is -0.137. The van der Waals surface area contributed by atoms with Gasteiger partial charge in [0.1, 0.15) is 23.7 Å². The van der Waals surface area contributed by atoms with Gasteiger partial charge in [-0.1, -0.05) is 24.3 Å². The van der Waals surface area contributed by atoms with E-state index in [0.717, 1.165) is 16.7 Å². The SMILES string of the molecule is COC(c1cccc2c1CCC2Oc1ccc2c(c1)OCC2CC(=O)O)C(F)F. The first kappa shape index (κ1) is 19.6. The number of ether oxygens (including phenoxy) is 3. The van der Waals surface area contributed by atoms with Crippen molar-refractivity contribution in [3.05, 3.63) is 58.7 Å².